The molecule has 0 spiro atoms. The highest BCUT2D eigenvalue weighted by atomic mass is 16.4. The lowest BCUT2D eigenvalue weighted by molar-refractivity contribution is 0.0692. The summed E-state index contributed by atoms with van der Waals surface area (Å²) in [5.41, 5.74) is -0.939. The second-order valence-corrected chi connectivity index (χ2v) is 5.01. The summed E-state index contributed by atoms with van der Waals surface area (Å²) in [6.45, 7) is 3.56. The molecular formula is C15H16N2O4. The summed E-state index contributed by atoms with van der Waals surface area (Å²) in [6, 6.07) is 8.73. The third-order valence-corrected chi connectivity index (χ3v) is 3.17. The lowest BCUT2D eigenvalue weighted by Gasteiger charge is -2.14. The Balaban J connectivity index is 2.66. The van der Waals surface area contributed by atoms with Gasteiger partial charge in [0, 0.05) is 12.2 Å². The van der Waals surface area contributed by atoms with Gasteiger partial charge in [-0.3, -0.25) is 13.9 Å². The van der Waals surface area contributed by atoms with E-state index in [-0.39, 0.29) is 12.6 Å². The molecule has 1 aromatic heterocycles. The fourth-order valence-corrected chi connectivity index (χ4v) is 2.04. The Morgan fingerprint density at radius 1 is 1.19 bits per heavy atom. The van der Waals surface area contributed by atoms with Gasteiger partial charge in [-0.1, -0.05) is 30.3 Å². The first-order chi connectivity index (χ1) is 9.91. The minimum absolute atomic E-state index is 0.0480. The summed E-state index contributed by atoms with van der Waals surface area (Å²) < 4.78 is 2.21. The molecular weight excluding hydrogens is 272 g/mol. The van der Waals surface area contributed by atoms with Crippen LogP contribution in [-0.2, 0) is 6.54 Å². The molecule has 2 rings (SSSR count). The minimum atomic E-state index is -1.34. The molecule has 0 aliphatic carbocycles. The van der Waals surface area contributed by atoms with Crippen molar-refractivity contribution < 1.29 is 9.90 Å². The maximum atomic E-state index is 12.3. The second-order valence-electron chi connectivity index (χ2n) is 5.01. The van der Waals surface area contributed by atoms with Gasteiger partial charge < -0.3 is 5.11 Å². The van der Waals surface area contributed by atoms with E-state index < -0.39 is 22.8 Å². The Hall–Kier alpha value is -2.63. The second kappa shape index (κ2) is 5.78. The predicted octanol–water partition coefficient (Wildman–Crippen LogP) is 1.34. The average molecular weight is 288 g/mol. The van der Waals surface area contributed by atoms with E-state index in [9.17, 15) is 14.4 Å². The van der Waals surface area contributed by atoms with Crippen LogP contribution in [0.1, 0.15) is 35.8 Å². The van der Waals surface area contributed by atoms with Crippen molar-refractivity contribution in [3.05, 3.63) is 68.5 Å². The Kier molecular flexibility index (Phi) is 4.07. The van der Waals surface area contributed by atoms with Crippen molar-refractivity contribution in [3.63, 3.8) is 0 Å². The number of nitrogens with zero attached hydrogens (tertiary/aromatic N) is 2. The van der Waals surface area contributed by atoms with Crippen LogP contribution in [0.5, 0.6) is 0 Å². The summed E-state index contributed by atoms with van der Waals surface area (Å²) in [4.78, 5) is 35.7. The van der Waals surface area contributed by atoms with E-state index in [2.05, 4.69) is 0 Å². The molecule has 110 valence electrons. The summed E-state index contributed by atoms with van der Waals surface area (Å²) in [5, 5.41) is 9.12. The Morgan fingerprint density at radius 3 is 2.33 bits per heavy atom. The van der Waals surface area contributed by atoms with Crippen molar-refractivity contribution >= 4 is 5.97 Å². The van der Waals surface area contributed by atoms with Gasteiger partial charge in [0.05, 0.1) is 6.54 Å². The van der Waals surface area contributed by atoms with Crippen LogP contribution in [-0.4, -0.2) is 20.2 Å². The maximum Gasteiger partial charge on any atom is 0.342 e. The Labute approximate surface area is 120 Å². The standard InChI is InChI=1S/C15H16N2O4/c1-10(2)16-9-12(14(19)20)13(18)17(15(16)21)8-11-6-4-3-5-7-11/h3-7,9-10H,8H2,1-2H3,(H,19,20). The van der Waals surface area contributed by atoms with Gasteiger partial charge in [-0.25, -0.2) is 9.59 Å². The number of benzene rings is 1. The molecule has 1 heterocycles. The van der Waals surface area contributed by atoms with E-state index >= 15 is 0 Å². The zero-order valence-corrected chi connectivity index (χ0v) is 11.8. The number of carbonyl (C=O) groups is 1. The first kappa shape index (κ1) is 14.8. The number of hydrogen-bond donors (Lipinski definition) is 1. The topological polar surface area (TPSA) is 81.3 Å². The number of carboxylic acids is 1. The van der Waals surface area contributed by atoms with Gasteiger partial charge in [0.15, 0.2) is 0 Å². The fourth-order valence-electron chi connectivity index (χ4n) is 2.04. The van der Waals surface area contributed by atoms with Gasteiger partial charge in [-0.2, -0.15) is 0 Å². The smallest absolute Gasteiger partial charge is 0.342 e. The highest BCUT2D eigenvalue weighted by molar-refractivity contribution is 5.86. The number of rotatable bonds is 4. The molecule has 0 saturated carbocycles. The van der Waals surface area contributed by atoms with Crippen LogP contribution in [0.25, 0.3) is 0 Å². The quantitative estimate of drug-likeness (QED) is 0.920. The zero-order chi connectivity index (χ0) is 15.6. The molecule has 0 radical (unpaired) electrons. The third-order valence-electron chi connectivity index (χ3n) is 3.17. The normalized spacial score (nSPS) is 10.8. The molecule has 21 heavy (non-hydrogen) atoms. The van der Waals surface area contributed by atoms with Crippen molar-refractivity contribution in [2.45, 2.75) is 26.4 Å². The summed E-state index contributed by atoms with van der Waals surface area (Å²) in [5.74, 6) is -1.34. The molecule has 0 saturated heterocycles. The van der Waals surface area contributed by atoms with Crippen LogP contribution in [0, 0.1) is 0 Å². The van der Waals surface area contributed by atoms with Crippen LogP contribution >= 0.6 is 0 Å². The number of hydrogen-bond acceptors (Lipinski definition) is 3. The van der Waals surface area contributed by atoms with E-state index in [4.69, 9.17) is 5.11 Å². The van der Waals surface area contributed by atoms with Crippen molar-refractivity contribution in [2.24, 2.45) is 0 Å². The van der Waals surface area contributed by atoms with E-state index in [0.29, 0.717) is 0 Å². The van der Waals surface area contributed by atoms with Crippen molar-refractivity contribution in [3.8, 4) is 0 Å². The molecule has 0 atom stereocenters. The van der Waals surface area contributed by atoms with E-state index in [1.165, 1.54) is 4.57 Å². The molecule has 0 bridgehead atoms. The number of aromatic carboxylic acids is 1. The molecule has 0 aliphatic heterocycles. The van der Waals surface area contributed by atoms with Crippen molar-refractivity contribution in [1.82, 2.24) is 9.13 Å². The van der Waals surface area contributed by atoms with E-state index in [1.807, 2.05) is 6.07 Å². The van der Waals surface area contributed by atoms with Crippen molar-refractivity contribution in [1.29, 1.82) is 0 Å². The number of carboxylic acid groups (broad SMARTS) is 1. The lowest BCUT2D eigenvalue weighted by Crippen LogP contribution is -2.43. The molecule has 1 N–H and O–H groups in total. The molecule has 0 unspecified atom stereocenters. The zero-order valence-electron chi connectivity index (χ0n) is 11.8. The van der Waals surface area contributed by atoms with E-state index in [0.717, 1.165) is 16.3 Å². The van der Waals surface area contributed by atoms with Crippen LogP contribution in [0.2, 0.25) is 0 Å². The SMILES string of the molecule is CC(C)n1cc(C(=O)O)c(=O)n(Cc2ccccc2)c1=O. The highest BCUT2D eigenvalue weighted by Gasteiger charge is 2.17. The monoisotopic (exact) mass is 288 g/mol. The van der Waals surface area contributed by atoms with Gasteiger partial charge in [-0.05, 0) is 19.4 Å². The first-order valence-corrected chi connectivity index (χ1v) is 6.55. The molecule has 6 nitrogen and oxygen atoms in total. The van der Waals surface area contributed by atoms with Gasteiger partial charge in [0.2, 0.25) is 0 Å². The molecule has 1 aromatic carbocycles. The number of aromatic nitrogens is 2. The molecule has 0 aliphatic rings. The third kappa shape index (κ3) is 2.94. The Bertz CT molecular complexity index is 772. The average Bonchev–Trinajstić information content (AvgIpc) is 2.44. The van der Waals surface area contributed by atoms with Gasteiger partial charge in [0.1, 0.15) is 5.56 Å². The molecule has 6 heteroatoms. The van der Waals surface area contributed by atoms with Gasteiger partial charge >= 0.3 is 11.7 Å². The molecule has 0 amide bonds. The summed E-state index contributed by atoms with van der Waals surface area (Å²) in [7, 11) is 0. The van der Waals surface area contributed by atoms with Gasteiger partial charge in [0.25, 0.3) is 5.56 Å². The van der Waals surface area contributed by atoms with Crippen molar-refractivity contribution in [2.75, 3.05) is 0 Å². The van der Waals surface area contributed by atoms with Gasteiger partial charge in [-0.15, -0.1) is 0 Å². The molecule has 2 aromatic rings. The largest absolute Gasteiger partial charge is 0.477 e. The van der Waals surface area contributed by atoms with Crippen LogP contribution in [0.3, 0.4) is 0 Å². The lowest BCUT2D eigenvalue weighted by atomic mass is 10.2. The minimum Gasteiger partial charge on any atom is -0.477 e. The predicted molar refractivity (Wildman–Crippen MR) is 77.9 cm³/mol. The molecule has 0 fully saturated rings. The van der Waals surface area contributed by atoms with Crippen LogP contribution in [0.15, 0.2) is 46.1 Å². The first-order valence-electron chi connectivity index (χ1n) is 6.55. The van der Waals surface area contributed by atoms with Crippen LogP contribution in [0.4, 0.5) is 0 Å². The summed E-state index contributed by atoms with van der Waals surface area (Å²) >= 11 is 0. The highest BCUT2D eigenvalue weighted by Crippen LogP contribution is 2.03. The van der Waals surface area contributed by atoms with Crippen LogP contribution < -0.4 is 11.2 Å². The Morgan fingerprint density at radius 2 is 1.81 bits per heavy atom. The summed E-state index contributed by atoms with van der Waals surface area (Å²) in [6.07, 6.45) is 1.11. The van der Waals surface area contributed by atoms with E-state index in [1.54, 1.807) is 38.1 Å². The fraction of sp³-hybridized carbons (Fsp3) is 0.267. The maximum absolute atomic E-state index is 12.3.